The van der Waals surface area contributed by atoms with Crippen LogP contribution in [0.2, 0.25) is 0 Å². The summed E-state index contributed by atoms with van der Waals surface area (Å²) in [6.07, 6.45) is -1.42. The van der Waals surface area contributed by atoms with Crippen LogP contribution in [0.3, 0.4) is 0 Å². The van der Waals surface area contributed by atoms with Crippen LogP contribution in [0.15, 0.2) is 17.5 Å². The highest BCUT2D eigenvalue weighted by atomic mass is 32.1. The molecule has 0 bridgehead atoms. The minimum Gasteiger partial charge on any atom is -0.442 e. The number of carbonyl (C=O) groups excluding carboxylic acids is 3. The molecule has 36 heavy (non-hydrogen) atoms. The molecule has 2 aliphatic heterocycles. The molecular weight excluding hydrogens is 502 g/mol. The first-order chi connectivity index (χ1) is 17.2. The Balaban J connectivity index is 1.40. The van der Waals surface area contributed by atoms with Crippen molar-refractivity contribution in [3.8, 4) is 0 Å². The Morgan fingerprint density at radius 1 is 1.25 bits per heavy atom. The number of rotatable bonds is 6. The van der Waals surface area contributed by atoms with Gasteiger partial charge in [0.1, 0.15) is 11.8 Å². The third-order valence-corrected chi connectivity index (χ3v) is 6.22. The van der Waals surface area contributed by atoms with Gasteiger partial charge in [0.25, 0.3) is 0 Å². The summed E-state index contributed by atoms with van der Waals surface area (Å²) >= 11 is 1.14. The number of halogens is 2. The smallest absolute Gasteiger partial charge is 0.414 e. The molecule has 0 radical (unpaired) electrons. The third kappa shape index (κ3) is 5.80. The van der Waals surface area contributed by atoms with Gasteiger partial charge >= 0.3 is 12.1 Å². The van der Waals surface area contributed by atoms with Crippen LogP contribution < -0.4 is 20.4 Å². The number of aliphatic hydroxyl groups is 1. The summed E-state index contributed by atoms with van der Waals surface area (Å²) in [5, 5.41) is 17.1. The number of ether oxygens (including phenoxy) is 1. The molecule has 1 atom stereocenters. The van der Waals surface area contributed by atoms with Gasteiger partial charge in [0.05, 0.1) is 44.2 Å². The van der Waals surface area contributed by atoms with E-state index in [4.69, 9.17) is 14.7 Å². The minimum atomic E-state index is -0.889. The maximum atomic E-state index is 15.1. The van der Waals surface area contributed by atoms with E-state index in [2.05, 4.69) is 15.6 Å². The molecular formula is C21H24F2N6O6S. The van der Waals surface area contributed by atoms with E-state index in [0.717, 1.165) is 33.4 Å². The average Bonchev–Trinajstić information content (AvgIpc) is 3.36. The highest BCUT2D eigenvalue weighted by Gasteiger charge is 2.34. The van der Waals surface area contributed by atoms with E-state index in [9.17, 15) is 14.4 Å². The summed E-state index contributed by atoms with van der Waals surface area (Å²) in [7, 11) is 0. The first-order valence-corrected chi connectivity index (χ1v) is 11.9. The Morgan fingerprint density at radius 3 is 2.67 bits per heavy atom. The van der Waals surface area contributed by atoms with Crippen LogP contribution in [0.1, 0.15) is 12.6 Å². The van der Waals surface area contributed by atoms with E-state index in [0.29, 0.717) is 5.69 Å². The molecule has 2 aromatic rings. The molecule has 15 heteroatoms. The predicted octanol–water partition coefficient (Wildman–Crippen LogP) is 1.66. The molecule has 2 aliphatic rings. The molecule has 4 amide bonds. The van der Waals surface area contributed by atoms with Gasteiger partial charge in [-0.2, -0.15) is 0 Å². The van der Waals surface area contributed by atoms with Gasteiger partial charge in [-0.25, -0.2) is 28.4 Å². The first kappa shape index (κ1) is 25.5. The number of amides is 4. The lowest BCUT2D eigenvalue weighted by Gasteiger charge is -2.24. The van der Waals surface area contributed by atoms with E-state index in [1.54, 1.807) is 5.38 Å². The molecule has 3 N–H and O–H groups in total. The van der Waals surface area contributed by atoms with Crippen LogP contribution in [0, 0.1) is 11.6 Å². The van der Waals surface area contributed by atoms with Crippen LogP contribution in [0.25, 0.3) is 0 Å². The van der Waals surface area contributed by atoms with Crippen molar-refractivity contribution in [2.75, 3.05) is 54.4 Å². The summed E-state index contributed by atoms with van der Waals surface area (Å²) < 4.78 is 35.3. The molecule has 0 aliphatic carbocycles. The number of anilines is 3. The van der Waals surface area contributed by atoms with Crippen molar-refractivity contribution >= 4 is 45.9 Å². The van der Waals surface area contributed by atoms with Crippen LogP contribution in [-0.4, -0.2) is 78.6 Å². The zero-order valence-electron chi connectivity index (χ0n) is 19.2. The molecule has 194 valence electrons. The molecule has 12 nitrogen and oxygen atoms in total. The second-order valence-corrected chi connectivity index (χ2v) is 8.82. The maximum Gasteiger partial charge on any atom is 0.414 e. The lowest BCUT2D eigenvalue weighted by Crippen LogP contribution is -2.37. The Kier molecular flexibility index (Phi) is 7.81. The second-order valence-electron chi connectivity index (χ2n) is 7.97. The zero-order valence-corrected chi connectivity index (χ0v) is 20.0. The number of urea groups is 1. The lowest BCUT2D eigenvalue weighted by atomic mass is 10.2. The van der Waals surface area contributed by atoms with Crippen LogP contribution in [0.5, 0.6) is 0 Å². The van der Waals surface area contributed by atoms with Crippen LogP contribution in [-0.2, 0) is 21.0 Å². The van der Waals surface area contributed by atoms with E-state index >= 15 is 8.78 Å². The van der Waals surface area contributed by atoms with Gasteiger partial charge in [0.15, 0.2) is 16.8 Å². The van der Waals surface area contributed by atoms with Gasteiger partial charge in [-0.3, -0.25) is 19.8 Å². The SMILES string of the molecule is CC(=O)NC[C@H]1CN(c2cc(F)c(N3CCON(C(=O)Nc4nc(CO)cs4)CC3)c(F)c2)C(=O)O1. The number of cyclic esters (lactones) is 1. The topological polar surface area (TPSA) is 137 Å². The highest BCUT2D eigenvalue weighted by Crippen LogP contribution is 2.31. The zero-order chi connectivity index (χ0) is 25.8. The van der Waals surface area contributed by atoms with Gasteiger partial charge in [-0.05, 0) is 0 Å². The summed E-state index contributed by atoms with van der Waals surface area (Å²) in [5.74, 6) is -2.07. The quantitative estimate of drug-likeness (QED) is 0.517. The number of hydrogen-bond acceptors (Lipinski definition) is 9. The van der Waals surface area contributed by atoms with Crippen LogP contribution >= 0.6 is 11.3 Å². The number of aliphatic hydroxyl groups excluding tert-OH is 1. The Morgan fingerprint density at radius 2 is 2.00 bits per heavy atom. The van der Waals surface area contributed by atoms with Gasteiger partial charge in [-0.1, -0.05) is 0 Å². The molecule has 3 heterocycles. The number of aromatic nitrogens is 1. The monoisotopic (exact) mass is 526 g/mol. The standard InChI is InChI=1S/C21H24F2N6O6S/c1-12(31)24-8-15-9-28(21(33)35-15)14-6-16(22)18(17(23)7-14)27-2-3-29(34-5-4-27)20(32)26-19-25-13(10-30)11-36-19/h6-7,11,15,30H,2-5,8-10H2,1H3,(H,24,31)(H,25,26,32)/t15-/m0/s1. The lowest BCUT2D eigenvalue weighted by molar-refractivity contribution is -0.119. The summed E-state index contributed by atoms with van der Waals surface area (Å²) in [4.78, 5) is 47.7. The van der Waals surface area contributed by atoms with E-state index in [-0.39, 0.29) is 68.4 Å². The Bertz CT molecular complexity index is 1130. The first-order valence-electron chi connectivity index (χ1n) is 11.0. The van der Waals surface area contributed by atoms with Crippen molar-refractivity contribution in [2.45, 2.75) is 19.6 Å². The van der Waals surface area contributed by atoms with Crippen molar-refractivity contribution < 1.29 is 37.8 Å². The van der Waals surface area contributed by atoms with Gasteiger partial charge in [0, 0.05) is 37.5 Å². The molecule has 2 saturated heterocycles. The van der Waals surface area contributed by atoms with E-state index in [1.807, 2.05) is 0 Å². The minimum absolute atomic E-state index is 0.00791. The fourth-order valence-corrected chi connectivity index (χ4v) is 4.42. The highest BCUT2D eigenvalue weighted by molar-refractivity contribution is 7.13. The number of carbonyl (C=O) groups is 3. The van der Waals surface area contributed by atoms with Gasteiger partial charge in [0.2, 0.25) is 5.91 Å². The van der Waals surface area contributed by atoms with Crippen molar-refractivity contribution in [1.29, 1.82) is 0 Å². The van der Waals surface area contributed by atoms with Gasteiger partial charge < -0.3 is 20.1 Å². The van der Waals surface area contributed by atoms with Gasteiger partial charge in [-0.15, -0.1) is 11.3 Å². The third-order valence-electron chi connectivity index (χ3n) is 5.42. The maximum absolute atomic E-state index is 15.1. The molecule has 1 aromatic carbocycles. The number of nitrogens with one attached hydrogen (secondary N) is 2. The van der Waals surface area contributed by atoms with Crippen molar-refractivity contribution in [3.05, 3.63) is 34.8 Å². The number of hydrogen-bond donors (Lipinski definition) is 3. The fraction of sp³-hybridized carbons (Fsp3) is 0.429. The van der Waals surface area contributed by atoms with Crippen molar-refractivity contribution in [1.82, 2.24) is 15.4 Å². The average molecular weight is 527 g/mol. The number of nitrogens with zero attached hydrogens (tertiary/aromatic N) is 4. The van der Waals surface area contributed by atoms with E-state index in [1.165, 1.54) is 11.8 Å². The number of hydroxylamine groups is 2. The second kappa shape index (κ2) is 11.0. The molecule has 0 unspecified atom stereocenters. The van der Waals surface area contributed by atoms with E-state index < -0.39 is 29.9 Å². The van der Waals surface area contributed by atoms with Crippen molar-refractivity contribution in [2.24, 2.45) is 0 Å². The molecule has 1 aromatic heterocycles. The Hall–Kier alpha value is -3.56. The molecule has 4 rings (SSSR count). The molecule has 0 spiro atoms. The Labute approximate surface area is 208 Å². The molecule has 0 saturated carbocycles. The summed E-state index contributed by atoms with van der Waals surface area (Å²) in [5.41, 5.74) is 0.0967. The summed E-state index contributed by atoms with van der Waals surface area (Å²) in [6.45, 7) is 1.35. The predicted molar refractivity (Wildman–Crippen MR) is 125 cm³/mol. The largest absolute Gasteiger partial charge is 0.442 e. The van der Waals surface area contributed by atoms with Crippen molar-refractivity contribution in [3.63, 3.8) is 0 Å². The number of benzene rings is 1. The summed E-state index contributed by atoms with van der Waals surface area (Å²) in [6, 6.07) is 1.48. The number of thiazole rings is 1. The fourth-order valence-electron chi connectivity index (χ4n) is 3.73. The molecule has 2 fully saturated rings. The normalized spacial score (nSPS) is 18.2. The van der Waals surface area contributed by atoms with Crippen LogP contribution in [0.4, 0.5) is 34.9 Å².